The van der Waals surface area contributed by atoms with Gasteiger partial charge in [-0.2, -0.15) is 0 Å². The number of rotatable bonds is 4. The first-order valence-corrected chi connectivity index (χ1v) is 8.98. The smallest absolute Gasteiger partial charge is 0.253 e. The van der Waals surface area contributed by atoms with Gasteiger partial charge >= 0.3 is 0 Å². The number of ether oxygens (including phenoxy) is 2. The van der Waals surface area contributed by atoms with Crippen molar-refractivity contribution in [3.05, 3.63) is 29.8 Å². The topological polar surface area (TPSA) is 67.9 Å². The summed E-state index contributed by atoms with van der Waals surface area (Å²) in [5.41, 5.74) is 1.34. The Bertz CT molecular complexity index is 608. The molecule has 136 valence electrons. The highest BCUT2D eigenvalue weighted by Gasteiger charge is 2.33. The van der Waals surface area contributed by atoms with Crippen molar-refractivity contribution in [3.63, 3.8) is 0 Å². The lowest BCUT2D eigenvalue weighted by atomic mass is 9.96. The zero-order valence-corrected chi connectivity index (χ0v) is 14.9. The van der Waals surface area contributed by atoms with Crippen LogP contribution in [0.2, 0.25) is 0 Å². The number of nitrogens with one attached hydrogen (secondary N) is 1. The number of anilines is 1. The van der Waals surface area contributed by atoms with Gasteiger partial charge in [0.1, 0.15) is 0 Å². The molecule has 2 saturated heterocycles. The van der Waals surface area contributed by atoms with Crippen molar-refractivity contribution in [3.8, 4) is 0 Å². The van der Waals surface area contributed by atoms with Crippen LogP contribution in [-0.2, 0) is 14.3 Å². The Labute approximate surface area is 148 Å². The molecule has 0 aromatic heterocycles. The van der Waals surface area contributed by atoms with Crippen LogP contribution in [0.1, 0.15) is 37.0 Å². The van der Waals surface area contributed by atoms with E-state index in [0.717, 1.165) is 19.4 Å². The number of amides is 2. The van der Waals surface area contributed by atoms with Crippen molar-refractivity contribution in [1.82, 2.24) is 4.90 Å². The Kier molecular flexibility index (Phi) is 5.71. The van der Waals surface area contributed by atoms with Crippen LogP contribution in [0.5, 0.6) is 0 Å². The Hall–Kier alpha value is -1.92. The molecular formula is C19H26N2O4. The zero-order chi connectivity index (χ0) is 17.8. The number of likely N-dealkylation sites (tertiary alicyclic amines) is 1. The van der Waals surface area contributed by atoms with E-state index in [0.29, 0.717) is 31.0 Å². The largest absolute Gasteiger partial charge is 0.350 e. The lowest BCUT2D eigenvalue weighted by Gasteiger charge is -2.34. The quantitative estimate of drug-likeness (QED) is 0.910. The van der Waals surface area contributed by atoms with Gasteiger partial charge < -0.3 is 19.7 Å². The molecule has 0 aliphatic carbocycles. The third kappa shape index (κ3) is 4.38. The molecule has 1 unspecified atom stereocenters. The Morgan fingerprint density at radius 1 is 1.16 bits per heavy atom. The molecule has 1 aromatic rings. The van der Waals surface area contributed by atoms with Crippen molar-refractivity contribution in [1.29, 1.82) is 0 Å². The predicted molar refractivity (Wildman–Crippen MR) is 94.2 cm³/mol. The highest BCUT2D eigenvalue weighted by molar-refractivity contribution is 5.96. The number of piperidine rings is 1. The van der Waals surface area contributed by atoms with E-state index in [1.165, 1.54) is 0 Å². The molecular weight excluding hydrogens is 320 g/mol. The number of benzene rings is 1. The summed E-state index contributed by atoms with van der Waals surface area (Å²) in [7, 11) is 0. The summed E-state index contributed by atoms with van der Waals surface area (Å²) in [6.45, 7) is 6.39. The number of hydrogen-bond acceptors (Lipinski definition) is 4. The van der Waals surface area contributed by atoms with Gasteiger partial charge in [-0.05, 0) is 37.1 Å². The maximum atomic E-state index is 12.8. The third-order valence-electron chi connectivity index (χ3n) is 4.70. The summed E-state index contributed by atoms with van der Waals surface area (Å²) in [5.74, 6) is 0.148. The van der Waals surface area contributed by atoms with Gasteiger partial charge in [0.25, 0.3) is 5.91 Å². The lowest BCUT2D eigenvalue weighted by Crippen LogP contribution is -2.43. The maximum Gasteiger partial charge on any atom is 0.253 e. The molecule has 1 atom stereocenters. The monoisotopic (exact) mass is 346 g/mol. The normalized spacial score (nSPS) is 21.6. The van der Waals surface area contributed by atoms with E-state index in [1.54, 1.807) is 24.3 Å². The second-order valence-corrected chi connectivity index (χ2v) is 6.98. The fraction of sp³-hybridized carbons (Fsp3) is 0.579. The maximum absolute atomic E-state index is 12.8. The molecule has 6 heteroatoms. The molecule has 0 bridgehead atoms. The number of carbonyl (C=O) groups is 2. The van der Waals surface area contributed by atoms with Gasteiger partial charge in [0.2, 0.25) is 5.91 Å². The van der Waals surface area contributed by atoms with E-state index in [2.05, 4.69) is 5.32 Å². The summed E-state index contributed by atoms with van der Waals surface area (Å²) < 4.78 is 11.2. The van der Waals surface area contributed by atoms with Crippen LogP contribution in [0.15, 0.2) is 24.3 Å². The molecule has 2 aliphatic rings. The molecule has 2 aliphatic heterocycles. The van der Waals surface area contributed by atoms with Gasteiger partial charge in [0.05, 0.1) is 13.2 Å². The zero-order valence-electron chi connectivity index (χ0n) is 14.9. The lowest BCUT2D eigenvalue weighted by molar-refractivity contribution is -0.118. The molecule has 0 radical (unpaired) electrons. The molecule has 0 saturated carbocycles. The Morgan fingerprint density at radius 2 is 1.84 bits per heavy atom. The van der Waals surface area contributed by atoms with Crippen molar-refractivity contribution >= 4 is 17.5 Å². The first kappa shape index (κ1) is 17.9. The molecule has 2 fully saturated rings. The Balaban J connectivity index is 1.61. The fourth-order valence-electron chi connectivity index (χ4n) is 3.23. The second-order valence-electron chi connectivity index (χ2n) is 6.98. The third-order valence-corrected chi connectivity index (χ3v) is 4.70. The van der Waals surface area contributed by atoms with Crippen molar-refractivity contribution in [2.24, 2.45) is 11.8 Å². The first-order valence-electron chi connectivity index (χ1n) is 8.98. The van der Waals surface area contributed by atoms with E-state index < -0.39 is 0 Å². The molecule has 6 nitrogen and oxygen atoms in total. The molecule has 0 spiro atoms. The van der Waals surface area contributed by atoms with Crippen LogP contribution < -0.4 is 5.32 Å². The number of carbonyl (C=O) groups excluding carboxylic acids is 2. The van der Waals surface area contributed by atoms with E-state index in [9.17, 15) is 9.59 Å². The SMILES string of the molecule is CC(C)C(=O)Nc1ccc(C(=O)N2CCCC(C3OCCO3)C2)cc1. The van der Waals surface area contributed by atoms with E-state index in [-0.39, 0.29) is 29.9 Å². The van der Waals surface area contributed by atoms with Gasteiger partial charge in [0.15, 0.2) is 6.29 Å². The van der Waals surface area contributed by atoms with E-state index in [1.807, 2.05) is 18.7 Å². The van der Waals surface area contributed by atoms with E-state index >= 15 is 0 Å². The summed E-state index contributed by atoms with van der Waals surface area (Å²) in [6.07, 6.45) is 1.81. The molecule has 25 heavy (non-hydrogen) atoms. The minimum Gasteiger partial charge on any atom is -0.350 e. The number of hydrogen-bond donors (Lipinski definition) is 1. The fourth-order valence-corrected chi connectivity index (χ4v) is 3.23. The highest BCUT2D eigenvalue weighted by Crippen LogP contribution is 2.26. The summed E-state index contributed by atoms with van der Waals surface area (Å²) in [6, 6.07) is 7.09. The molecule has 2 heterocycles. The predicted octanol–water partition coefficient (Wildman–Crippen LogP) is 2.51. The molecule has 1 N–H and O–H groups in total. The van der Waals surface area contributed by atoms with Crippen LogP contribution in [0.25, 0.3) is 0 Å². The molecule has 3 rings (SSSR count). The van der Waals surface area contributed by atoms with Crippen molar-refractivity contribution in [2.75, 3.05) is 31.6 Å². The standard InChI is InChI=1S/C19H26N2O4/c1-13(2)17(22)20-16-7-5-14(6-8-16)18(23)21-9-3-4-15(12-21)19-24-10-11-25-19/h5-8,13,15,19H,3-4,9-12H2,1-2H3,(H,20,22). The van der Waals surface area contributed by atoms with Crippen molar-refractivity contribution < 1.29 is 19.1 Å². The average Bonchev–Trinajstić information content (AvgIpc) is 3.16. The second kappa shape index (κ2) is 7.97. The van der Waals surface area contributed by atoms with Gasteiger partial charge in [-0.15, -0.1) is 0 Å². The average molecular weight is 346 g/mol. The minimum absolute atomic E-state index is 0.0180. The van der Waals surface area contributed by atoms with Gasteiger partial charge in [-0.3, -0.25) is 9.59 Å². The van der Waals surface area contributed by atoms with Crippen LogP contribution in [0.3, 0.4) is 0 Å². The first-order chi connectivity index (χ1) is 12.0. The summed E-state index contributed by atoms with van der Waals surface area (Å²) in [5, 5.41) is 2.83. The minimum atomic E-state index is -0.177. The Morgan fingerprint density at radius 3 is 2.48 bits per heavy atom. The molecule has 2 amide bonds. The van der Waals surface area contributed by atoms with Crippen LogP contribution in [0.4, 0.5) is 5.69 Å². The summed E-state index contributed by atoms with van der Waals surface area (Å²) >= 11 is 0. The molecule has 1 aromatic carbocycles. The van der Waals surface area contributed by atoms with E-state index in [4.69, 9.17) is 9.47 Å². The van der Waals surface area contributed by atoms with Crippen molar-refractivity contribution in [2.45, 2.75) is 33.0 Å². The summed E-state index contributed by atoms with van der Waals surface area (Å²) in [4.78, 5) is 26.4. The van der Waals surface area contributed by atoms with Gasteiger partial charge in [-0.1, -0.05) is 13.8 Å². The highest BCUT2D eigenvalue weighted by atomic mass is 16.7. The van der Waals surface area contributed by atoms with Gasteiger partial charge in [-0.25, -0.2) is 0 Å². The van der Waals surface area contributed by atoms with Crippen LogP contribution in [0, 0.1) is 11.8 Å². The van der Waals surface area contributed by atoms with Gasteiger partial charge in [0, 0.05) is 36.2 Å². The van der Waals surface area contributed by atoms with Crippen LogP contribution in [-0.4, -0.2) is 49.3 Å². The number of nitrogens with zero attached hydrogens (tertiary/aromatic N) is 1. The van der Waals surface area contributed by atoms with Crippen LogP contribution >= 0.6 is 0 Å².